The summed E-state index contributed by atoms with van der Waals surface area (Å²) in [5, 5.41) is 10.0. The molecule has 3 atom stereocenters. The highest BCUT2D eigenvalue weighted by atomic mass is 16.5. The molecule has 34 heavy (non-hydrogen) atoms. The van der Waals surface area contributed by atoms with Gasteiger partial charge < -0.3 is 14.7 Å². The van der Waals surface area contributed by atoms with Crippen molar-refractivity contribution in [2.45, 2.75) is 72.6 Å². The van der Waals surface area contributed by atoms with E-state index in [-0.39, 0.29) is 30.6 Å². The van der Waals surface area contributed by atoms with E-state index < -0.39 is 41.6 Å². The number of aliphatic hydroxyl groups excluding tert-OH is 1. The summed E-state index contributed by atoms with van der Waals surface area (Å²) in [7, 11) is 0. The Morgan fingerprint density at radius 3 is 2.32 bits per heavy atom. The molecule has 8 nitrogen and oxygen atoms in total. The Kier molecular flexibility index (Phi) is 10.1. The van der Waals surface area contributed by atoms with Gasteiger partial charge in [-0.1, -0.05) is 58.0 Å². The highest BCUT2D eigenvalue weighted by Crippen LogP contribution is 2.21. The summed E-state index contributed by atoms with van der Waals surface area (Å²) in [6.07, 6.45) is 0.0498. The fourth-order valence-corrected chi connectivity index (χ4v) is 3.75. The van der Waals surface area contributed by atoms with Crippen LogP contribution in [0.5, 0.6) is 0 Å². The predicted molar refractivity (Wildman–Crippen MR) is 128 cm³/mol. The lowest BCUT2D eigenvalue weighted by Crippen LogP contribution is -2.45. The van der Waals surface area contributed by atoms with Crippen LogP contribution in [0.2, 0.25) is 0 Å². The van der Waals surface area contributed by atoms with E-state index in [2.05, 4.69) is 4.99 Å². The number of benzene rings is 1. The molecule has 1 fully saturated rings. The Hall–Kier alpha value is -2.87. The maximum Gasteiger partial charge on any atom is 0.329 e. The van der Waals surface area contributed by atoms with Crippen molar-refractivity contribution in [2.75, 3.05) is 6.54 Å². The zero-order valence-corrected chi connectivity index (χ0v) is 20.7. The third-order valence-electron chi connectivity index (χ3n) is 5.82. The maximum absolute atomic E-state index is 13.3. The summed E-state index contributed by atoms with van der Waals surface area (Å²) >= 11 is 0. The largest absolute Gasteiger partial charge is 0.459 e. The van der Waals surface area contributed by atoms with Gasteiger partial charge in [0.2, 0.25) is 0 Å². The van der Waals surface area contributed by atoms with Gasteiger partial charge in [-0.3, -0.25) is 14.4 Å². The summed E-state index contributed by atoms with van der Waals surface area (Å²) in [5.41, 5.74) is 0.864. The summed E-state index contributed by atoms with van der Waals surface area (Å²) in [4.78, 5) is 56.6. The summed E-state index contributed by atoms with van der Waals surface area (Å²) in [6, 6.07) is 8.53. The molecule has 0 saturated carbocycles. The van der Waals surface area contributed by atoms with Gasteiger partial charge in [0, 0.05) is 6.54 Å². The van der Waals surface area contributed by atoms with Gasteiger partial charge in [-0.2, -0.15) is 0 Å². The van der Waals surface area contributed by atoms with Crippen LogP contribution in [0.25, 0.3) is 0 Å². The molecule has 0 aliphatic carbocycles. The van der Waals surface area contributed by atoms with Gasteiger partial charge in [-0.05, 0) is 43.6 Å². The van der Waals surface area contributed by atoms with Crippen molar-refractivity contribution in [2.24, 2.45) is 22.7 Å². The molecule has 1 aromatic carbocycles. The second-order valence-electron chi connectivity index (χ2n) is 9.56. The van der Waals surface area contributed by atoms with E-state index in [4.69, 9.17) is 4.74 Å². The SMILES string of the molecule is CC(C)CC(=NC(=O)C(C)C(=O)[C@@H](O)C(C)C)C(=O)N1CCCC1C(=O)OCc1ccccc1. The van der Waals surface area contributed by atoms with Crippen molar-refractivity contribution in [3.8, 4) is 0 Å². The molecule has 0 radical (unpaired) electrons. The summed E-state index contributed by atoms with van der Waals surface area (Å²) in [5.74, 6) is -3.86. The Morgan fingerprint density at radius 1 is 1.09 bits per heavy atom. The normalized spacial score (nSPS) is 18.2. The Balaban J connectivity index is 2.16. The molecule has 1 heterocycles. The zero-order chi connectivity index (χ0) is 25.4. The Labute approximate surface area is 201 Å². The first-order valence-corrected chi connectivity index (χ1v) is 11.9. The molecule has 2 amide bonds. The van der Waals surface area contributed by atoms with Gasteiger partial charge in [0.15, 0.2) is 5.78 Å². The highest BCUT2D eigenvalue weighted by molar-refractivity contribution is 6.41. The molecule has 2 rings (SSSR count). The average Bonchev–Trinajstić information content (AvgIpc) is 3.30. The number of aliphatic hydroxyl groups is 1. The minimum absolute atomic E-state index is 0.0152. The van der Waals surface area contributed by atoms with Crippen molar-refractivity contribution in [3.05, 3.63) is 35.9 Å². The third-order valence-corrected chi connectivity index (χ3v) is 5.82. The van der Waals surface area contributed by atoms with E-state index >= 15 is 0 Å². The molecule has 0 bridgehead atoms. The molecule has 1 N–H and O–H groups in total. The van der Waals surface area contributed by atoms with E-state index in [1.54, 1.807) is 13.8 Å². The van der Waals surface area contributed by atoms with Crippen molar-refractivity contribution < 1.29 is 29.0 Å². The van der Waals surface area contributed by atoms with Gasteiger partial charge in [0.1, 0.15) is 24.5 Å². The number of amides is 2. The van der Waals surface area contributed by atoms with Crippen molar-refractivity contribution in [1.29, 1.82) is 0 Å². The van der Waals surface area contributed by atoms with Gasteiger partial charge >= 0.3 is 5.97 Å². The minimum atomic E-state index is -1.28. The van der Waals surface area contributed by atoms with Crippen LogP contribution >= 0.6 is 0 Å². The number of esters is 1. The van der Waals surface area contributed by atoms with Crippen LogP contribution in [0.4, 0.5) is 0 Å². The number of carbonyl (C=O) groups excluding carboxylic acids is 4. The molecule has 2 unspecified atom stereocenters. The fraction of sp³-hybridized carbons (Fsp3) is 0.577. The van der Waals surface area contributed by atoms with Crippen LogP contribution in [0.3, 0.4) is 0 Å². The first-order chi connectivity index (χ1) is 16.0. The topological polar surface area (TPSA) is 113 Å². The molecule has 1 aliphatic heterocycles. The van der Waals surface area contributed by atoms with Gasteiger partial charge in [-0.15, -0.1) is 0 Å². The number of rotatable bonds is 10. The molecular weight excluding hydrogens is 436 g/mol. The maximum atomic E-state index is 13.3. The van der Waals surface area contributed by atoms with Crippen LogP contribution < -0.4 is 0 Å². The molecule has 186 valence electrons. The minimum Gasteiger partial charge on any atom is -0.459 e. The smallest absolute Gasteiger partial charge is 0.329 e. The van der Waals surface area contributed by atoms with Crippen LogP contribution in [-0.4, -0.2) is 58.0 Å². The standard InChI is InChI=1S/C26H36N2O6/c1-16(2)14-20(27-24(31)18(5)23(30)22(29)17(3)4)25(32)28-13-9-12-21(28)26(33)34-15-19-10-7-6-8-11-19/h6-8,10-11,16-18,21-22,29H,9,12-15H2,1-5H3/t18?,21?,22-/m0/s1. The van der Waals surface area contributed by atoms with E-state index in [9.17, 15) is 24.3 Å². The second kappa shape index (κ2) is 12.6. The van der Waals surface area contributed by atoms with Crippen molar-refractivity contribution in [1.82, 2.24) is 4.90 Å². The van der Waals surface area contributed by atoms with E-state index in [1.165, 1.54) is 11.8 Å². The van der Waals surface area contributed by atoms with Gasteiger partial charge in [0.25, 0.3) is 11.8 Å². The van der Waals surface area contributed by atoms with Crippen LogP contribution in [0.1, 0.15) is 59.4 Å². The fourth-order valence-electron chi connectivity index (χ4n) is 3.75. The first-order valence-electron chi connectivity index (χ1n) is 11.9. The monoisotopic (exact) mass is 472 g/mol. The van der Waals surface area contributed by atoms with Crippen molar-refractivity contribution in [3.63, 3.8) is 0 Å². The summed E-state index contributed by atoms with van der Waals surface area (Å²) in [6.45, 7) is 9.00. The number of ether oxygens (including phenoxy) is 1. The quantitative estimate of drug-likeness (QED) is 0.318. The lowest BCUT2D eigenvalue weighted by atomic mass is 9.94. The number of carbonyl (C=O) groups is 4. The molecule has 1 saturated heterocycles. The van der Waals surface area contributed by atoms with Gasteiger partial charge in [0.05, 0.1) is 5.92 Å². The number of aliphatic imine (C=N–C) groups is 1. The van der Waals surface area contributed by atoms with E-state index in [0.29, 0.717) is 19.4 Å². The van der Waals surface area contributed by atoms with E-state index in [1.807, 2.05) is 44.2 Å². The number of likely N-dealkylation sites (tertiary alicyclic amines) is 1. The first kappa shape index (κ1) is 27.4. The summed E-state index contributed by atoms with van der Waals surface area (Å²) < 4.78 is 5.44. The van der Waals surface area contributed by atoms with Crippen LogP contribution in [0, 0.1) is 17.8 Å². The highest BCUT2D eigenvalue weighted by Gasteiger charge is 2.38. The predicted octanol–water partition coefficient (Wildman–Crippen LogP) is 2.96. The Morgan fingerprint density at radius 2 is 1.74 bits per heavy atom. The van der Waals surface area contributed by atoms with Crippen LogP contribution in [-0.2, 0) is 30.5 Å². The van der Waals surface area contributed by atoms with Crippen LogP contribution in [0.15, 0.2) is 35.3 Å². The molecule has 8 heteroatoms. The molecule has 1 aromatic rings. The average molecular weight is 473 g/mol. The molecular formula is C26H36N2O6. The molecule has 0 spiro atoms. The zero-order valence-electron chi connectivity index (χ0n) is 20.7. The second-order valence-corrected chi connectivity index (χ2v) is 9.56. The third kappa shape index (κ3) is 7.32. The van der Waals surface area contributed by atoms with E-state index in [0.717, 1.165) is 5.56 Å². The van der Waals surface area contributed by atoms with Crippen molar-refractivity contribution >= 4 is 29.3 Å². The molecule has 0 aromatic heterocycles. The number of hydrogen-bond donors (Lipinski definition) is 1. The van der Waals surface area contributed by atoms with Gasteiger partial charge in [-0.25, -0.2) is 9.79 Å². The number of ketones is 1. The Bertz CT molecular complexity index is 909. The number of Topliss-reactive ketones (excluding diaryl/α,β-unsaturated/α-hetero) is 1. The number of hydrogen-bond acceptors (Lipinski definition) is 6. The number of nitrogens with zero attached hydrogens (tertiary/aromatic N) is 2. The lowest BCUT2D eigenvalue weighted by Gasteiger charge is -2.24. The molecule has 1 aliphatic rings. The lowest BCUT2D eigenvalue weighted by molar-refractivity contribution is -0.153.